The molecule has 1 saturated heterocycles. The number of primary amides is 1. The number of hydrogen-bond donors (Lipinski definition) is 1. The van der Waals surface area contributed by atoms with E-state index in [4.69, 9.17) is 10.5 Å². The number of rotatable bonds is 1. The highest BCUT2D eigenvalue weighted by Gasteiger charge is 2.55. The van der Waals surface area contributed by atoms with Crippen molar-refractivity contribution in [3.05, 3.63) is 0 Å². The van der Waals surface area contributed by atoms with E-state index in [9.17, 15) is 9.59 Å². The van der Waals surface area contributed by atoms with Crippen LogP contribution in [-0.2, 0) is 9.53 Å². The second-order valence-corrected chi connectivity index (χ2v) is 6.34. The normalized spacial score (nSPS) is 22.9. The third kappa shape index (κ3) is 2.37. The van der Waals surface area contributed by atoms with Crippen LogP contribution < -0.4 is 5.73 Å². The van der Waals surface area contributed by atoms with Gasteiger partial charge in [-0.1, -0.05) is 0 Å². The summed E-state index contributed by atoms with van der Waals surface area (Å²) in [6.45, 7) is 6.96. The average Bonchev–Trinajstić information content (AvgIpc) is 1.93. The van der Waals surface area contributed by atoms with E-state index in [0.29, 0.717) is 13.1 Å². The van der Waals surface area contributed by atoms with Gasteiger partial charge in [-0.3, -0.25) is 4.79 Å². The van der Waals surface area contributed by atoms with Gasteiger partial charge in [0, 0.05) is 24.4 Å². The van der Waals surface area contributed by atoms with Gasteiger partial charge in [0.25, 0.3) is 0 Å². The number of amides is 2. The van der Waals surface area contributed by atoms with Crippen LogP contribution >= 0.6 is 0 Å². The molecule has 0 unspecified atom stereocenters. The quantitative estimate of drug-likeness (QED) is 0.746. The van der Waals surface area contributed by atoms with Crippen LogP contribution in [0.4, 0.5) is 4.79 Å². The molecule has 0 aromatic carbocycles. The van der Waals surface area contributed by atoms with Crippen molar-refractivity contribution in [2.45, 2.75) is 39.2 Å². The molecule has 0 atom stereocenters. The van der Waals surface area contributed by atoms with Crippen LogP contribution in [0.15, 0.2) is 0 Å². The molecule has 5 heteroatoms. The highest BCUT2D eigenvalue weighted by atomic mass is 16.6. The van der Waals surface area contributed by atoms with Gasteiger partial charge in [0.15, 0.2) is 0 Å². The van der Waals surface area contributed by atoms with E-state index >= 15 is 0 Å². The SMILES string of the molecule is CC(C)(C)OC(=O)N1CC2(CC(C(N)=O)C2)C1. The number of nitrogens with two attached hydrogens (primary N) is 1. The van der Waals surface area contributed by atoms with Crippen molar-refractivity contribution in [1.29, 1.82) is 0 Å². The zero-order valence-electron chi connectivity index (χ0n) is 10.7. The van der Waals surface area contributed by atoms with Gasteiger partial charge >= 0.3 is 6.09 Å². The zero-order chi connectivity index (χ0) is 12.8. The third-order valence-electron chi connectivity index (χ3n) is 3.47. The lowest BCUT2D eigenvalue weighted by Crippen LogP contribution is -2.65. The Morgan fingerprint density at radius 1 is 1.29 bits per heavy atom. The van der Waals surface area contributed by atoms with E-state index in [1.807, 2.05) is 20.8 Å². The van der Waals surface area contributed by atoms with Crippen molar-refractivity contribution in [2.75, 3.05) is 13.1 Å². The van der Waals surface area contributed by atoms with Crippen LogP contribution in [0.25, 0.3) is 0 Å². The van der Waals surface area contributed by atoms with Gasteiger partial charge in [-0.2, -0.15) is 0 Å². The summed E-state index contributed by atoms with van der Waals surface area (Å²) >= 11 is 0. The maximum atomic E-state index is 11.7. The minimum absolute atomic E-state index is 0.00999. The van der Waals surface area contributed by atoms with Crippen LogP contribution in [0.5, 0.6) is 0 Å². The minimum Gasteiger partial charge on any atom is -0.444 e. The number of hydrogen-bond acceptors (Lipinski definition) is 3. The Labute approximate surface area is 101 Å². The van der Waals surface area contributed by atoms with E-state index in [2.05, 4.69) is 0 Å². The Balaban J connectivity index is 1.77. The van der Waals surface area contributed by atoms with E-state index in [1.165, 1.54) is 0 Å². The Hall–Kier alpha value is -1.26. The van der Waals surface area contributed by atoms with E-state index < -0.39 is 5.60 Å². The van der Waals surface area contributed by atoms with Gasteiger partial charge in [-0.25, -0.2) is 4.79 Å². The molecule has 0 radical (unpaired) electrons. The smallest absolute Gasteiger partial charge is 0.410 e. The van der Waals surface area contributed by atoms with Crippen LogP contribution in [-0.4, -0.2) is 35.6 Å². The molecule has 96 valence electrons. The molecule has 1 aliphatic heterocycles. The molecule has 2 amide bonds. The molecule has 1 heterocycles. The summed E-state index contributed by atoms with van der Waals surface area (Å²) in [5.41, 5.74) is 4.93. The predicted octanol–water partition coefficient (Wildman–Crippen LogP) is 1.12. The summed E-state index contributed by atoms with van der Waals surface area (Å²) in [6, 6.07) is 0. The summed E-state index contributed by atoms with van der Waals surface area (Å²) in [5, 5.41) is 0. The lowest BCUT2D eigenvalue weighted by atomic mass is 9.57. The van der Waals surface area contributed by atoms with Crippen molar-refractivity contribution in [1.82, 2.24) is 4.90 Å². The molecular formula is C12H20N2O3. The Bertz CT molecular complexity index is 345. The first kappa shape index (κ1) is 12.2. The average molecular weight is 240 g/mol. The standard InChI is InChI=1S/C12H20N2O3/c1-11(2,3)17-10(16)14-6-12(7-14)4-8(5-12)9(13)15/h8H,4-7H2,1-3H3,(H2,13,15). The number of carbonyl (C=O) groups excluding carboxylic acids is 2. The third-order valence-corrected chi connectivity index (χ3v) is 3.47. The fraction of sp³-hybridized carbons (Fsp3) is 0.833. The van der Waals surface area contributed by atoms with Crippen LogP contribution in [0, 0.1) is 11.3 Å². The second kappa shape index (κ2) is 3.62. The highest BCUT2D eigenvalue weighted by molar-refractivity contribution is 5.78. The molecule has 0 aromatic heterocycles. The van der Waals surface area contributed by atoms with Gasteiger partial charge in [0.2, 0.25) is 5.91 Å². The number of ether oxygens (including phenoxy) is 1. The molecular weight excluding hydrogens is 220 g/mol. The fourth-order valence-electron chi connectivity index (χ4n) is 2.66. The predicted molar refractivity (Wildman–Crippen MR) is 62.2 cm³/mol. The van der Waals surface area contributed by atoms with E-state index in [1.54, 1.807) is 4.90 Å². The monoisotopic (exact) mass is 240 g/mol. The molecule has 1 aliphatic carbocycles. The number of likely N-dealkylation sites (tertiary alicyclic amines) is 1. The van der Waals surface area contributed by atoms with Gasteiger partial charge in [-0.05, 0) is 33.6 Å². The first-order valence-corrected chi connectivity index (χ1v) is 5.98. The maximum Gasteiger partial charge on any atom is 0.410 e. The molecule has 5 nitrogen and oxygen atoms in total. The summed E-state index contributed by atoms with van der Waals surface area (Å²) in [6.07, 6.45) is 1.38. The van der Waals surface area contributed by atoms with Crippen LogP contribution in [0.1, 0.15) is 33.6 Å². The highest BCUT2D eigenvalue weighted by Crippen LogP contribution is 2.51. The fourth-order valence-corrected chi connectivity index (χ4v) is 2.66. The van der Waals surface area contributed by atoms with E-state index in [-0.39, 0.29) is 23.3 Å². The summed E-state index contributed by atoms with van der Waals surface area (Å²) in [4.78, 5) is 24.3. The molecule has 2 fully saturated rings. The van der Waals surface area contributed by atoms with Gasteiger partial charge in [0.05, 0.1) is 0 Å². The Morgan fingerprint density at radius 2 is 1.82 bits per heavy atom. The lowest BCUT2D eigenvalue weighted by molar-refractivity contribution is -0.139. The van der Waals surface area contributed by atoms with Crippen LogP contribution in [0.3, 0.4) is 0 Å². The second-order valence-electron chi connectivity index (χ2n) is 6.34. The first-order chi connectivity index (χ1) is 7.71. The molecule has 0 aromatic rings. The molecule has 2 N–H and O–H groups in total. The zero-order valence-corrected chi connectivity index (χ0v) is 10.7. The minimum atomic E-state index is -0.449. The molecule has 1 saturated carbocycles. The van der Waals surface area contributed by atoms with Crippen LogP contribution in [0.2, 0.25) is 0 Å². The summed E-state index contributed by atoms with van der Waals surface area (Å²) < 4.78 is 5.27. The Kier molecular flexibility index (Phi) is 2.60. The topological polar surface area (TPSA) is 72.6 Å². The van der Waals surface area contributed by atoms with Crippen molar-refractivity contribution < 1.29 is 14.3 Å². The van der Waals surface area contributed by atoms with Crippen molar-refractivity contribution in [2.24, 2.45) is 17.1 Å². The van der Waals surface area contributed by atoms with Gasteiger partial charge in [0.1, 0.15) is 5.60 Å². The van der Waals surface area contributed by atoms with Gasteiger partial charge in [-0.15, -0.1) is 0 Å². The largest absolute Gasteiger partial charge is 0.444 e. The van der Waals surface area contributed by atoms with E-state index in [0.717, 1.165) is 12.8 Å². The summed E-state index contributed by atoms with van der Waals surface area (Å²) in [5.74, 6) is -0.206. The maximum absolute atomic E-state index is 11.7. The molecule has 0 bridgehead atoms. The molecule has 1 spiro atoms. The molecule has 2 rings (SSSR count). The van der Waals surface area contributed by atoms with Gasteiger partial charge < -0.3 is 15.4 Å². The molecule has 17 heavy (non-hydrogen) atoms. The Morgan fingerprint density at radius 3 is 2.24 bits per heavy atom. The van der Waals surface area contributed by atoms with Crippen molar-refractivity contribution in [3.63, 3.8) is 0 Å². The number of carbonyl (C=O) groups is 2. The van der Waals surface area contributed by atoms with Crippen molar-refractivity contribution in [3.8, 4) is 0 Å². The number of nitrogens with zero attached hydrogens (tertiary/aromatic N) is 1. The lowest BCUT2D eigenvalue weighted by Gasteiger charge is -2.57. The first-order valence-electron chi connectivity index (χ1n) is 5.98. The summed E-state index contributed by atoms with van der Waals surface area (Å²) in [7, 11) is 0. The van der Waals surface area contributed by atoms with Crippen molar-refractivity contribution >= 4 is 12.0 Å². The molecule has 2 aliphatic rings.